The molecule has 0 aliphatic carbocycles. The van der Waals surface area contributed by atoms with Gasteiger partial charge in [0.25, 0.3) is 0 Å². The van der Waals surface area contributed by atoms with Crippen molar-refractivity contribution in [3.8, 4) is 0 Å². The summed E-state index contributed by atoms with van der Waals surface area (Å²) in [6.45, 7) is 0. The summed E-state index contributed by atoms with van der Waals surface area (Å²) in [6, 6.07) is 7.28. The Kier molecular flexibility index (Phi) is 4.19. The molecule has 0 N–H and O–H groups in total. The third kappa shape index (κ3) is 3.35. The highest BCUT2D eigenvalue weighted by Crippen LogP contribution is 2.30. The van der Waals surface area contributed by atoms with Crippen LogP contribution in [0.15, 0.2) is 57.9 Å². The van der Waals surface area contributed by atoms with Crippen molar-refractivity contribution in [1.82, 2.24) is 4.98 Å². The minimum absolute atomic E-state index is 0.142. The van der Waals surface area contributed by atoms with Crippen LogP contribution in [0.1, 0.15) is 10.4 Å². The van der Waals surface area contributed by atoms with Crippen LogP contribution >= 0.6 is 11.8 Å². The lowest BCUT2D eigenvalue weighted by Gasteiger charge is -2.05. The lowest BCUT2D eigenvalue weighted by atomic mass is 10.3. The van der Waals surface area contributed by atoms with Crippen LogP contribution in [0.3, 0.4) is 0 Å². The van der Waals surface area contributed by atoms with E-state index in [0.717, 1.165) is 11.8 Å². The molecule has 0 atom stereocenters. The fraction of sp³-hybridized carbons (Fsp3) is 0. The van der Waals surface area contributed by atoms with Crippen LogP contribution < -0.4 is 0 Å². The summed E-state index contributed by atoms with van der Waals surface area (Å²) in [5.74, 6) is -1.26. The van der Waals surface area contributed by atoms with Crippen molar-refractivity contribution in [1.29, 1.82) is 0 Å². The summed E-state index contributed by atoms with van der Waals surface area (Å²) in [4.78, 5) is 30.4. The first-order valence-electron chi connectivity index (χ1n) is 5.12. The Hall–Kier alpha value is -2.28. The molecule has 1 aromatic heterocycles. The zero-order chi connectivity index (χ0) is 13.7. The van der Waals surface area contributed by atoms with Gasteiger partial charge in [0, 0.05) is 22.2 Å². The number of carbonyl (C=O) groups is 1. The van der Waals surface area contributed by atoms with Gasteiger partial charge in [-0.3, -0.25) is 9.82 Å². The monoisotopic (exact) mass is 278 g/mol. The zero-order valence-corrected chi connectivity index (χ0v) is 10.3. The summed E-state index contributed by atoms with van der Waals surface area (Å²) < 4.78 is 13.1. The molecule has 0 saturated heterocycles. The van der Waals surface area contributed by atoms with Crippen molar-refractivity contribution in [3.05, 3.63) is 59.0 Å². The lowest BCUT2D eigenvalue weighted by Crippen LogP contribution is -2.02. The largest absolute Gasteiger partial charge is 0.370 e. The highest BCUT2D eigenvalue weighted by molar-refractivity contribution is 7.99. The summed E-state index contributed by atoms with van der Waals surface area (Å²) in [5, 5.41) is 2.09. The molecule has 0 saturated carbocycles. The van der Waals surface area contributed by atoms with Gasteiger partial charge in [-0.05, 0) is 24.3 Å². The van der Waals surface area contributed by atoms with Crippen molar-refractivity contribution in [2.75, 3.05) is 0 Å². The molecule has 0 aliphatic heterocycles. The third-order valence-corrected chi connectivity index (χ3v) is 3.18. The molecule has 0 bridgehead atoms. The number of aromatic nitrogens is 1. The van der Waals surface area contributed by atoms with Gasteiger partial charge >= 0.3 is 5.97 Å². The Labute approximate surface area is 111 Å². The number of halogens is 1. The highest BCUT2D eigenvalue weighted by Gasteiger charge is 2.14. The van der Waals surface area contributed by atoms with Gasteiger partial charge in [0.2, 0.25) is 0 Å². The summed E-state index contributed by atoms with van der Waals surface area (Å²) in [5.41, 5.74) is 0.142. The molecule has 7 heteroatoms. The van der Waals surface area contributed by atoms with E-state index in [1.807, 2.05) is 0 Å². The topological polar surface area (TPSA) is 68.6 Å². The second kappa shape index (κ2) is 6.05. The van der Waals surface area contributed by atoms with E-state index in [4.69, 9.17) is 0 Å². The minimum Gasteiger partial charge on any atom is -0.279 e. The van der Waals surface area contributed by atoms with Crippen LogP contribution in [-0.2, 0) is 4.84 Å². The average Bonchev–Trinajstić information content (AvgIpc) is 2.39. The number of hydrogen-bond acceptors (Lipinski definition) is 6. The van der Waals surface area contributed by atoms with Gasteiger partial charge in [-0.15, -0.1) is 4.91 Å². The van der Waals surface area contributed by atoms with E-state index in [1.165, 1.54) is 30.6 Å². The van der Waals surface area contributed by atoms with E-state index in [0.29, 0.717) is 9.79 Å². The summed E-state index contributed by atoms with van der Waals surface area (Å²) in [7, 11) is 0. The van der Waals surface area contributed by atoms with Crippen molar-refractivity contribution in [3.63, 3.8) is 0 Å². The third-order valence-electron chi connectivity index (χ3n) is 2.15. The van der Waals surface area contributed by atoms with Gasteiger partial charge in [-0.25, -0.2) is 9.18 Å². The van der Waals surface area contributed by atoms with E-state index in [2.05, 4.69) is 15.2 Å². The molecule has 0 fully saturated rings. The standard InChI is InChI=1S/C12H7FN2O3S/c13-8-2-1-3-9(6-8)19-11-7-14-5-4-10(11)12(16)18-15-17/h1-7H. The van der Waals surface area contributed by atoms with Crippen molar-refractivity contribution >= 4 is 17.7 Å². The first-order valence-corrected chi connectivity index (χ1v) is 5.94. The van der Waals surface area contributed by atoms with Crippen molar-refractivity contribution < 1.29 is 14.0 Å². The molecule has 0 spiro atoms. The van der Waals surface area contributed by atoms with Gasteiger partial charge in [0.15, 0.2) is 5.34 Å². The molecule has 5 nitrogen and oxygen atoms in total. The van der Waals surface area contributed by atoms with Gasteiger partial charge < -0.3 is 0 Å². The molecule has 1 aromatic carbocycles. The molecule has 0 amide bonds. The number of pyridine rings is 1. The second-order valence-electron chi connectivity index (χ2n) is 3.38. The number of rotatable bonds is 4. The van der Waals surface area contributed by atoms with Crippen LogP contribution in [0.5, 0.6) is 0 Å². The minimum atomic E-state index is -0.878. The SMILES string of the molecule is O=NOC(=O)c1ccncc1Sc1cccc(F)c1. The molecular weight excluding hydrogens is 271 g/mol. The number of hydrogen-bond donors (Lipinski definition) is 0. The molecular formula is C12H7FN2O3S. The Morgan fingerprint density at radius 2 is 2.21 bits per heavy atom. The molecule has 19 heavy (non-hydrogen) atoms. The van der Waals surface area contributed by atoms with Gasteiger partial charge in [-0.1, -0.05) is 17.8 Å². The van der Waals surface area contributed by atoms with Crippen molar-refractivity contribution in [2.24, 2.45) is 5.34 Å². The van der Waals surface area contributed by atoms with Crippen LogP contribution in [-0.4, -0.2) is 11.0 Å². The molecule has 2 rings (SSSR count). The van der Waals surface area contributed by atoms with E-state index in [9.17, 15) is 14.1 Å². The van der Waals surface area contributed by atoms with E-state index in [-0.39, 0.29) is 11.4 Å². The maximum absolute atomic E-state index is 13.1. The summed E-state index contributed by atoms with van der Waals surface area (Å²) in [6.07, 6.45) is 2.81. The molecule has 2 aromatic rings. The second-order valence-corrected chi connectivity index (χ2v) is 4.50. The normalized spacial score (nSPS) is 9.95. The lowest BCUT2D eigenvalue weighted by molar-refractivity contribution is 0.0504. The highest BCUT2D eigenvalue weighted by atomic mass is 32.2. The molecule has 0 radical (unpaired) electrons. The number of carbonyl (C=O) groups excluding carboxylic acids is 1. The predicted molar refractivity (Wildman–Crippen MR) is 66.0 cm³/mol. The first-order chi connectivity index (χ1) is 9.20. The Bertz CT molecular complexity index is 621. The molecule has 0 unspecified atom stereocenters. The maximum atomic E-state index is 13.1. The number of benzene rings is 1. The van der Waals surface area contributed by atoms with E-state index >= 15 is 0 Å². The van der Waals surface area contributed by atoms with Gasteiger partial charge in [-0.2, -0.15) is 0 Å². The Morgan fingerprint density at radius 3 is 2.95 bits per heavy atom. The maximum Gasteiger partial charge on any atom is 0.370 e. The van der Waals surface area contributed by atoms with Gasteiger partial charge in [0.05, 0.1) is 5.56 Å². The van der Waals surface area contributed by atoms with E-state index < -0.39 is 5.97 Å². The Morgan fingerprint density at radius 1 is 1.37 bits per heavy atom. The average molecular weight is 278 g/mol. The van der Waals surface area contributed by atoms with Crippen LogP contribution in [0.2, 0.25) is 0 Å². The summed E-state index contributed by atoms with van der Waals surface area (Å²) >= 11 is 1.14. The van der Waals surface area contributed by atoms with Crippen LogP contribution in [0.4, 0.5) is 4.39 Å². The van der Waals surface area contributed by atoms with Crippen LogP contribution in [0, 0.1) is 10.7 Å². The smallest absolute Gasteiger partial charge is 0.279 e. The van der Waals surface area contributed by atoms with Gasteiger partial charge in [0.1, 0.15) is 5.82 Å². The molecule has 0 aliphatic rings. The molecule has 1 heterocycles. The number of nitrogens with zero attached hydrogens (tertiary/aromatic N) is 2. The molecule has 96 valence electrons. The quantitative estimate of drug-likeness (QED) is 0.634. The Balaban J connectivity index is 2.30. The zero-order valence-electron chi connectivity index (χ0n) is 9.45. The van der Waals surface area contributed by atoms with Crippen molar-refractivity contribution in [2.45, 2.75) is 9.79 Å². The predicted octanol–water partition coefficient (Wildman–Crippen LogP) is 3.21. The van der Waals surface area contributed by atoms with E-state index in [1.54, 1.807) is 12.1 Å². The fourth-order valence-corrected chi connectivity index (χ4v) is 2.32. The first kappa shape index (κ1) is 13.2. The fourth-order valence-electron chi connectivity index (χ4n) is 1.37. The van der Waals surface area contributed by atoms with Crippen LogP contribution in [0.25, 0.3) is 0 Å².